The number of aliphatic carboxylic acids is 1. The molecule has 3 N–H and O–H groups in total. The monoisotopic (exact) mass is 269 g/mol. The Hall–Kier alpha value is -1.62. The Morgan fingerprint density at radius 2 is 2.11 bits per heavy atom. The second kappa shape index (κ2) is 5.57. The van der Waals surface area contributed by atoms with Crippen LogP contribution >= 0.6 is 0 Å². The summed E-state index contributed by atoms with van der Waals surface area (Å²) in [5.41, 5.74) is 5.41. The third-order valence-corrected chi connectivity index (χ3v) is 3.14. The number of carbonyl (C=O) groups is 1. The number of carboxylic acid groups (broad SMARTS) is 1. The van der Waals surface area contributed by atoms with E-state index < -0.39 is 17.6 Å². The van der Waals surface area contributed by atoms with E-state index in [1.807, 2.05) is 0 Å². The molecule has 0 fully saturated rings. The summed E-state index contributed by atoms with van der Waals surface area (Å²) in [7, 11) is 1.41. The van der Waals surface area contributed by atoms with Crippen molar-refractivity contribution in [2.75, 3.05) is 13.7 Å². The van der Waals surface area contributed by atoms with Gasteiger partial charge in [0.25, 0.3) is 0 Å². The maximum absolute atomic E-state index is 14.2. The number of aryl methyl sites for hydroxylation is 1. The number of carboxylic acids is 1. The summed E-state index contributed by atoms with van der Waals surface area (Å²) >= 11 is 0. The smallest absolute Gasteiger partial charge is 0.312 e. The van der Waals surface area contributed by atoms with Crippen LogP contribution in [-0.2, 0) is 10.5 Å². The van der Waals surface area contributed by atoms with Crippen LogP contribution in [-0.4, -0.2) is 24.7 Å². The first-order valence-corrected chi connectivity index (χ1v) is 6.03. The average Bonchev–Trinajstić information content (AvgIpc) is 2.29. The Morgan fingerprint density at radius 3 is 2.47 bits per heavy atom. The lowest BCUT2D eigenvalue weighted by Crippen LogP contribution is -2.24. The molecule has 0 radical (unpaired) electrons. The van der Waals surface area contributed by atoms with Crippen molar-refractivity contribution in [3.05, 3.63) is 28.8 Å². The van der Waals surface area contributed by atoms with Crippen molar-refractivity contribution in [3.63, 3.8) is 0 Å². The first-order valence-electron chi connectivity index (χ1n) is 6.03. The van der Waals surface area contributed by atoms with Crippen molar-refractivity contribution in [3.8, 4) is 5.75 Å². The minimum Gasteiger partial charge on any atom is -0.496 e. The van der Waals surface area contributed by atoms with Crippen LogP contribution < -0.4 is 10.5 Å². The summed E-state index contributed by atoms with van der Waals surface area (Å²) < 4.78 is 19.4. The molecule has 0 bridgehead atoms. The van der Waals surface area contributed by atoms with E-state index in [0.29, 0.717) is 11.1 Å². The van der Waals surface area contributed by atoms with Gasteiger partial charge in [-0.15, -0.1) is 0 Å². The maximum atomic E-state index is 14.2. The van der Waals surface area contributed by atoms with Gasteiger partial charge in [0.05, 0.1) is 13.0 Å². The quantitative estimate of drug-likeness (QED) is 0.860. The summed E-state index contributed by atoms with van der Waals surface area (Å²) in [5.74, 6) is -1.68. The number of ether oxygens (including phenoxy) is 1. The molecule has 0 heterocycles. The molecule has 0 aliphatic heterocycles. The average molecular weight is 269 g/mol. The van der Waals surface area contributed by atoms with Gasteiger partial charge in [-0.25, -0.2) is 4.39 Å². The minimum atomic E-state index is -1.62. The topological polar surface area (TPSA) is 72.5 Å². The van der Waals surface area contributed by atoms with Crippen molar-refractivity contribution in [2.45, 2.75) is 32.4 Å². The van der Waals surface area contributed by atoms with E-state index in [-0.39, 0.29) is 12.3 Å². The second-order valence-electron chi connectivity index (χ2n) is 4.98. The molecule has 1 rings (SSSR count). The Balaban J connectivity index is 3.58. The fourth-order valence-corrected chi connectivity index (χ4v) is 2.16. The lowest BCUT2D eigenvalue weighted by molar-refractivity contribution is -0.138. The SMILES string of the molecule is COc1c(C(C)(C)F)ccc(C)c1C(CN)C(=O)O. The van der Waals surface area contributed by atoms with Crippen LogP contribution in [0.5, 0.6) is 5.75 Å². The molecule has 0 aromatic heterocycles. The molecule has 0 saturated heterocycles. The normalized spacial score (nSPS) is 13.2. The molecule has 0 spiro atoms. The van der Waals surface area contributed by atoms with Crippen LogP contribution in [0.2, 0.25) is 0 Å². The van der Waals surface area contributed by atoms with Crippen LogP contribution in [0, 0.1) is 6.92 Å². The minimum absolute atomic E-state index is 0.0668. The number of methoxy groups -OCH3 is 1. The Kier molecular flexibility index (Phi) is 4.52. The molecule has 0 amide bonds. The van der Waals surface area contributed by atoms with Gasteiger partial charge in [-0.05, 0) is 26.3 Å². The Bertz CT molecular complexity index is 480. The Labute approximate surface area is 112 Å². The molecule has 4 nitrogen and oxygen atoms in total. The fraction of sp³-hybridized carbons (Fsp3) is 0.500. The largest absolute Gasteiger partial charge is 0.496 e. The number of benzene rings is 1. The summed E-state index contributed by atoms with van der Waals surface area (Å²) in [6.45, 7) is 4.51. The molecule has 0 aliphatic rings. The highest BCUT2D eigenvalue weighted by atomic mass is 19.1. The molecule has 0 aliphatic carbocycles. The third kappa shape index (κ3) is 3.04. The standard InChI is InChI=1S/C14H20FNO3/c1-8-5-6-10(14(2,3)15)12(19-4)11(8)9(7-16)13(17)18/h5-6,9H,7,16H2,1-4H3,(H,17,18). The van der Waals surface area contributed by atoms with Crippen molar-refractivity contribution < 1.29 is 19.0 Å². The first-order chi connectivity index (χ1) is 8.73. The van der Waals surface area contributed by atoms with Crippen LogP contribution in [0.1, 0.15) is 36.5 Å². The highest BCUT2D eigenvalue weighted by Gasteiger charge is 2.30. The van der Waals surface area contributed by atoms with Crippen molar-refractivity contribution in [2.24, 2.45) is 5.73 Å². The van der Waals surface area contributed by atoms with Gasteiger partial charge < -0.3 is 15.6 Å². The number of nitrogens with two attached hydrogens (primary N) is 1. The number of hydrogen-bond acceptors (Lipinski definition) is 3. The molecule has 1 unspecified atom stereocenters. The lowest BCUT2D eigenvalue weighted by Gasteiger charge is -2.24. The zero-order chi connectivity index (χ0) is 14.8. The van der Waals surface area contributed by atoms with E-state index in [0.717, 1.165) is 5.56 Å². The molecular weight excluding hydrogens is 249 g/mol. The number of alkyl halides is 1. The van der Waals surface area contributed by atoms with Crippen molar-refractivity contribution in [1.82, 2.24) is 0 Å². The van der Waals surface area contributed by atoms with Gasteiger partial charge in [0.1, 0.15) is 11.4 Å². The predicted octanol–water partition coefficient (Wildman–Crippen LogP) is 2.34. The van der Waals surface area contributed by atoms with E-state index in [1.54, 1.807) is 19.1 Å². The lowest BCUT2D eigenvalue weighted by atomic mass is 9.87. The van der Waals surface area contributed by atoms with E-state index in [1.165, 1.54) is 21.0 Å². The van der Waals surface area contributed by atoms with Crippen LogP contribution in [0.15, 0.2) is 12.1 Å². The van der Waals surface area contributed by atoms with E-state index in [4.69, 9.17) is 10.5 Å². The van der Waals surface area contributed by atoms with Crippen molar-refractivity contribution >= 4 is 5.97 Å². The molecule has 106 valence electrons. The molecular formula is C14H20FNO3. The van der Waals surface area contributed by atoms with E-state index in [9.17, 15) is 14.3 Å². The molecule has 1 atom stereocenters. The number of rotatable bonds is 5. The summed E-state index contributed by atoms with van der Waals surface area (Å²) in [5, 5.41) is 9.24. The van der Waals surface area contributed by atoms with Gasteiger partial charge in [-0.1, -0.05) is 12.1 Å². The third-order valence-electron chi connectivity index (χ3n) is 3.14. The fourth-order valence-electron chi connectivity index (χ4n) is 2.16. The van der Waals surface area contributed by atoms with Gasteiger partial charge in [0.15, 0.2) is 0 Å². The number of halogens is 1. The van der Waals surface area contributed by atoms with Gasteiger partial charge in [-0.2, -0.15) is 0 Å². The molecule has 5 heteroatoms. The van der Waals surface area contributed by atoms with Crippen LogP contribution in [0.25, 0.3) is 0 Å². The van der Waals surface area contributed by atoms with E-state index >= 15 is 0 Å². The maximum Gasteiger partial charge on any atom is 0.312 e. The molecule has 1 aromatic rings. The predicted molar refractivity (Wildman–Crippen MR) is 71.3 cm³/mol. The number of hydrogen-bond donors (Lipinski definition) is 2. The van der Waals surface area contributed by atoms with Crippen LogP contribution in [0.3, 0.4) is 0 Å². The highest BCUT2D eigenvalue weighted by Crippen LogP contribution is 2.39. The molecule has 19 heavy (non-hydrogen) atoms. The van der Waals surface area contributed by atoms with Gasteiger partial charge in [-0.3, -0.25) is 4.79 Å². The summed E-state index contributed by atoms with van der Waals surface area (Å²) in [6.07, 6.45) is 0. The Morgan fingerprint density at radius 1 is 1.53 bits per heavy atom. The summed E-state index contributed by atoms with van der Waals surface area (Å²) in [6, 6.07) is 3.31. The molecule has 0 saturated carbocycles. The van der Waals surface area contributed by atoms with E-state index in [2.05, 4.69) is 0 Å². The van der Waals surface area contributed by atoms with Gasteiger partial charge in [0.2, 0.25) is 0 Å². The van der Waals surface area contributed by atoms with Gasteiger partial charge in [0, 0.05) is 17.7 Å². The second-order valence-corrected chi connectivity index (χ2v) is 4.98. The zero-order valence-corrected chi connectivity index (χ0v) is 11.7. The van der Waals surface area contributed by atoms with Gasteiger partial charge >= 0.3 is 5.97 Å². The zero-order valence-electron chi connectivity index (χ0n) is 11.7. The highest BCUT2D eigenvalue weighted by molar-refractivity contribution is 5.78. The van der Waals surface area contributed by atoms with Crippen molar-refractivity contribution in [1.29, 1.82) is 0 Å². The first kappa shape index (κ1) is 15.4. The van der Waals surface area contributed by atoms with Crippen LogP contribution in [0.4, 0.5) is 4.39 Å². The molecule has 1 aromatic carbocycles. The summed E-state index contributed by atoms with van der Waals surface area (Å²) in [4.78, 5) is 11.3.